The van der Waals surface area contributed by atoms with E-state index in [1.54, 1.807) is 5.06 Å². The van der Waals surface area contributed by atoms with Gasteiger partial charge in [-0.25, -0.2) is 0 Å². The SMILES string of the molecule is c1ccc(C(=C2P(c3ccccc3)C(c3ccccc3)=C(c3ccccc3)P2c2ccccc2)c2ccccc2)cc1. The van der Waals surface area contributed by atoms with E-state index >= 15 is 0 Å². The van der Waals surface area contributed by atoms with Gasteiger partial charge in [0.1, 0.15) is 0 Å². The minimum Gasteiger partial charge on any atom is -0.0622 e. The Bertz CT molecular complexity index is 1690. The summed E-state index contributed by atoms with van der Waals surface area (Å²) in [7, 11) is -1.74. The highest BCUT2D eigenvalue weighted by atomic mass is 31.2. The van der Waals surface area contributed by atoms with Gasteiger partial charge in [0.2, 0.25) is 0 Å². The summed E-state index contributed by atoms with van der Waals surface area (Å²) in [6, 6.07) is 66.8. The molecule has 0 saturated carbocycles. The van der Waals surface area contributed by atoms with Gasteiger partial charge in [0.25, 0.3) is 0 Å². The molecular formula is C40H30P2. The largest absolute Gasteiger partial charge is 0.0622 e. The summed E-state index contributed by atoms with van der Waals surface area (Å²) in [6.45, 7) is 0. The Labute approximate surface area is 251 Å². The van der Waals surface area contributed by atoms with Gasteiger partial charge < -0.3 is 0 Å². The van der Waals surface area contributed by atoms with Gasteiger partial charge in [-0.3, -0.25) is 0 Å². The van der Waals surface area contributed by atoms with Crippen LogP contribution in [0.4, 0.5) is 0 Å². The van der Waals surface area contributed by atoms with Crippen molar-refractivity contribution in [3.05, 3.63) is 209 Å². The monoisotopic (exact) mass is 572 g/mol. The first kappa shape index (κ1) is 26.6. The minimum absolute atomic E-state index is 0.868. The molecule has 6 aromatic carbocycles. The number of hydrogen-bond donors (Lipinski definition) is 0. The second-order valence-corrected chi connectivity index (χ2v) is 14.7. The van der Waals surface area contributed by atoms with E-state index in [0.717, 1.165) is 0 Å². The third kappa shape index (κ3) is 5.10. The Kier molecular flexibility index (Phi) is 7.75. The molecule has 6 aromatic rings. The lowest BCUT2D eigenvalue weighted by Gasteiger charge is -2.26. The van der Waals surface area contributed by atoms with Crippen molar-refractivity contribution in [1.82, 2.24) is 0 Å². The molecule has 1 heterocycles. The van der Waals surface area contributed by atoms with Crippen LogP contribution in [0.2, 0.25) is 0 Å². The fourth-order valence-electron chi connectivity index (χ4n) is 5.76. The van der Waals surface area contributed by atoms with Crippen molar-refractivity contribution in [2.45, 2.75) is 0 Å². The van der Waals surface area contributed by atoms with Gasteiger partial charge in [-0.1, -0.05) is 182 Å². The summed E-state index contributed by atoms with van der Waals surface area (Å²) in [5.41, 5.74) is 6.52. The Morgan fingerprint density at radius 3 is 0.929 bits per heavy atom. The zero-order valence-electron chi connectivity index (χ0n) is 23.2. The molecule has 42 heavy (non-hydrogen) atoms. The van der Waals surface area contributed by atoms with Gasteiger partial charge in [-0.05, 0) is 54.3 Å². The Morgan fingerprint density at radius 1 is 0.310 bits per heavy atom. The van der Waals surface area contributed by atoms with Crippen LogP contribution in [0.25, 0.3) is 16.2 Å². The maximum atomic E-state index is 2.34. The van der Waals surface area contributed by atoms with Crippen molar-refractivity contribution in [2.24, 2.45) is 0 Å². The Morgan fingerprint density at radius 2 is 0.595 bits per heavy atom. The second-order valence-electron chi connectivity index (χ2n) is 10.2. The third-order valence-electron chi connectivity index (χ3n) is 7.57. The molecule has 0 bridgehead atoms. The van der Waals surface area contributed by atoms with Crippen LogP contribution in [0, 0.1) is 0 Å². The van der Waals surface area contributed by atoms with E-state index in [1.807, 2.05) is 0 Å². The topological polar surface area (TPSA) is 0 Å². The number of benzene rings is 6. The lowest BCUT2D eigenvalue weighted by molar-refractivity contribution is 1.55. The van der Waals surface area contributed by atoms with Crippen molar-refractivity contribution in [3.63, 3.8) is 0 Å². The van der Waals surface area contributed by atoms with E-state index in [9.17, 15) is 0 Å². The van der Waals surface area contributed by atoms with Crippen LogP contribution in [0.15, 0.2) is 187 Å². The summed E-state index contributed by atoms with van der Waals surface area (Å²) < 4.78 is 0. The smallest absolute Gasteiger partial charge is 0.00392 e. The molecular weight excluding hydrogens is 542 g/mol. The molecule has 0 fully saturated rings. The maximum absolute atomic E-state index is 2.34. The Hall–Kier alpha value is -4.34. The molecule has 0 N–H and O–H groups in total. The van der Waals surface area contributed by atoms with Gasteiger partial charge in [-0.15, -0.1) is 0 Å². The quantitative estimate of drug-likeness (QED) is 0.174. The summed E-state index contributed by atoms with van der Waals surface area (Å²) in [4.78, 5) is 0. The fraction of sp³-hybridized carbons (Fsp3) is 0. The van der Waals surface area contributed by atoms with Crippen LogP contribution in [-0.2, 0) is 0 Å². The highest BCUT2D eigenvalue weighted by Gasteiger charge is 2.43. The van der Waals surface area contributed by atoms with Crippen molar-refractivity contribution >= 4 is 42.7 Å². The molecule has 0 nitrogen and oxygen atoms in total. The number of rotatable bonds is 6. The molecule has 0 amide bonds. The average Bonchev–Trinajstić information content (AvgIpc) is 3.43. The maximum Gasteiger partial charge on any atom is 0.00392 e. The first-order valence-corrected chi connectivity index (χ1v) is 17.0. The van der Waals surface area contributed by atoms with Crippen molar-refractivity contribution in [1.29, 1.82) is 0 Å². The van der Waals surface area contributed by atoms with Gasteiger partial charge in [0, 0.05) is 15.7 Å². The van der Waals surface area contributed by atoms with E-state index in [4.69, 9.17) is 0 Å². The highest BCUT2D eigenvalue weighted by molar-refractivity contribution is 8.02. The van der Waals surface area contributed by atoms with E-state index < -0.39 is 15.8 Å². The predicted octanol–water partition coefficient (Wildman–Crippen LogP) is 10.6. The molecule has 200 valence electrons. The van der Waals surface area contributed by atoms with Crippen LogP contribution in [-0.4, -0.2) is 0 Å². The van der Waals surface area contributed by atoms with E-state index in [0.29, 0.717) is 0 Å². The standard InChI is InChI=1S/C40H30P2/c1-7-19-31(20-8-1)37(32-21-9-2-10-22-32)40-41(35-27-15-5-16-28-35)38(33-23-11-3-12-24-33)39(34-25-13-4-14-26-34)42(40)36-29-17-6-18-30-36/h1-30H. The molecule has 0 aromatic heterocycles. The molecule has 2 heteroatoms. The van der Waals surface area contributed by atoms with Crippen molar-refractivity contribution < 1.29 is 0 Å². The van der Waals surface area contributed by atoms with E-state index in [2.05, 4.69) is 182 Å². The minimum atomic E-state index is -0.868. The Balaban J connectivity index is 1.68. The highest BCUT2D eigenvalue weighted by Crippen LogP contribution is 2.82. The molecule has 0 saturated heterocycles. The van der Waals surface area contributed by atoms with Gasteiger partial charge in [0.15, 0.2) is 0 Å². The molecule has 0 aliphatic carbocycles. The van der Waals surface area contributed by atoms with Gasteiger partial charge >= 0.3 is 0 Å². The summed E-state index contributed by atoms with van der Waals surface area (Å²) in [5, 5.41) is 7.27. The molecule has 7 rings (SSSR count). The first-order valence-electron chi connectivity index (χ1n) is 14.3. The lowest BCUT2D eigenvalue weighted by Crippen LogP contribution is -2.05. The van der Waals surface area contributed by atoms with Crippen LogP contribution < -0.4 is 10.6 Å². The second kappa shape index (κ2) is 12.3. The zero-order valence-corrected chi connectivity index (χ0v) is 25.0. The molecule has 2 unspecified atom stereocenters. The van der Waals surface area contributed by atoms with Crippen LogP contribution in [0.1, 0.15) is 22.3 Å². The van der Waals surface area contributed by atoms with Crippen molar-refractivity contribution in [2.75, 3.05) is 0 Å². The fourth-order valence-corrected chi connectivity index (χ4v) is 13.3. The van der Waals surface area contributed by atoms with Gasteiger partial charge in [0.05, 0.1) is 0 Å². The first-order chi connectivity index (χ1) is 20.9. The molecule has 0 spiro atoms. The van der Waals surface area contributed by atoms with Crippen molar-refractivity contribution in [3.8, 4) is 0 Å². The van der Waals surface area contributed by atoms with Crippen LogP contribution in [0.5, 0.6) is 0 Å². The lowest BCUT2D eigenvalue weighted by atomic mass is 10.00. The van der Waals surface area contributed by atoms with Crippen LogP contribution in [0.3, 0.4) is 0 Å². The predicted molar refractivity (Wildman–Crippen MR) is 185 cm³/mol. The third-order valence-corrected chi connectivity index (χ3v) is 13.7. The molecule has 1 aliphatic heterocycles. The summed E-state index contributed by atoms with van der Waals surface area (Å²) in [6.07, 6.45) is 0. The molecule has 0 radical (unpaired) electrons. The molecule has 1 aliphatic rings. The summed E-state index contributed by atoms with van der Waals surface area (Å²) in [5.74, 6) is 0. The normalized spacial score (nSPS) is 16.4. The number of hydrogen-bond acceptors (Lipinski definition) is 0. The zero-order chi connectivity index (χ0) is 28.1. The van der Waals surface area contributed by atoms with Gasteiger partial charge in [-0.2, -0.15) is 0 Å². The van der Waals surface area contributed by atoms with E-state index in [-0.39, 0.29) is 0 Å². The average molecular weight is 573 g/mol. The van der Waals surface area contributed by atoms with E-state index in [1.165, 1.54) is 49.1 Å². The van der Waals surface area contributed by atoms with Crippen LogP contribution >= 0.6 is 15.8 Å². The molecule has 2 atom stereocenters. The summed E-state index contributed by atoms with van der Waals surface area (Å²) >= 11 is 0.